The van der Waals surface area contributed by atoms with E-state index in [0.29, 0.717) is 11.4 Å². The lowest BCUT2D eigenvalue weighted by atomic mass is 10.1. The Bertz CT molecular complexity index is 670. The van der Waals surface area contributed by atoms with Crippen LogP contribution in [0.1, 0.15) is 16.7 Å². The Labute approximate surface area is 139 Å². The molecule has 1 amide bonds. The fourth-order valence-electron chi connectivity index (χ4n) is 2.19. The summed E-state index contributed by atoms with van der Waals surface area (Å²) in [5.74, 6) is 0.517. The van der Waals surface area contributed by atoms with Gasteiger partial charge in [-0.2, -0.15) is 0 Å². The molecule has 0 saturated carbocycles. The molecule has 2 aromatic carbocycles. The van der Waals surface area contributed by atoms with Gasteiger partial charge in [0.15, 0.2) is 0 Å². The van der Waals surface area contributed by atoms with Gasteiger partial charge in [-0.1, -0.05) is 40.9 Å². The maximum atomic E-state index is 12.9. The van der Waals surface area contributed by atoms with Gasteiger partial charge in [-0.05, 0) is 37.6 Å². The van der Waals surface area contributed by atoms with Crippen molar-refractivity contribution < 1.29 is 9.18 Å². The fourth-order valence-corrected chi connectivity index (χ4v) is 3.17. The molecule has 0 aliphatic carbocycles. The molecule has 116 valence electrons. The van der Waals surface area contributed by atoms with Crippen molar-refractivity contribution in [2.24, 2.45) is 0 Å². The van der Waals surface area contributed by atoms with Gasteiger partial charge in [0.05, 0.1) is 16.5 Å². The maximum absolute atomic E-state index is 12.9. The summed E-state index contributed by atoms with van der Waals surface area (Å²) >= 11 is 7.41. The number of anilines is 1. The van der Waals surface area contributed by atoms with E-state index in [9.17, 15) is 9.18 Å². The lowest BCUT2D eigenvalue weighted by Crippen LogP contribution is -2.14. The molecule has 5 heteroatoms. The van der Waals surface area contributed by atoms with E-state index in [2.05, 4.69) is 37.4 Å². The highest BCUT2D eigenvalue weighted by molar-refractivity contribution is 7.99. The Morgan fingerprint density at radius 2 is 1.86 bits per heavy atom. The summed E-state index contributed by atoms with van der Waals surface area (Å²) in [5, 5.41) is 2.89. The predicted molar refractivity (Wildman–Crippen MR) is 92.1 cm³/mol. The second kappa shape index (κ2) is 7.65. The minimum absolute atomic E-state index is 0.150. The minimum atomic E-state index is -0.424. The summed E-state index contributed by atoms with van der Waals surface area (Å²) in [6.45, 7) is 4.12. The van der Waals surface area contributed by atoms with Crippen LogP contribution < -0.4 is 5.32 Å². The zero-order chi connectivity index (χ0) is 16.1. The molecule has 0 aromatic heterocycles. The average Bonchev–Trinajstić information content (AvgIpc) is 2.41. The number of thioether (sulfide) groups is 1. The summed E-state index contributed by atoms with van der Waals surface area (Å²) in [6.07, 6.45) is 0. The first kappa shape index (κ1) is 16.8. The lowest BCUT2D eigenvalue weighted by molar-refractivity contribution is -0.113. The van der Waals surface area contributed by atoms with Crippen LogP contribution in [0.3, 0.4) is 0 Å². The Morgan fingerprint density at radius 1 is 1.18 bits per heavy atom. The number of hydrogen-bond acceptors (Lipinski definition) is 2. The monoisotopic (exact) mass is 337 g/mol. The second-order valence-electron chi connectivity index (χ2n) is 5.16. The molecule has 0 aliphatic rings. The zero-order valence-electron chi connectivity index (χ0n) is 12.5. The van der Waals surface area contributed by atoms with E-state index in [4.69, 9.17) is 11.6 Å². The lowest BCUT2D eigenvalue weighted by Gasteiger charge is -2.08. The summed E-state index contributed by atoms with van der Waals surface area (Å²) in [6, 6.07) is 10.3. The molecule has 0 radical (unpaired) electrons. The molecule has 2 nitrogen and oxygen atoms in total. The molecule has 2 aromatic rings. The molecule has 1 N–H and O–H groups in total. The topological polar surface area (TPSA) is 29.1 Å². The van der Waals surface area contributed by atoms with Crippen molar-refractivity contribution in [3.8, 4) is 0 Å². The van der Waals surface area contributed by atoms with Crippen LogP contribution in [0.5, 0.6) is 0 Å². The SMILES string of the molecule is Cc1cc(C)cc(CSCC(=O)Nc2ccc(F)cc2Cl)c1. The number of carbonyl (C=O) groups excluding carboxylic acids is 1. The van der Waals surface area contributed by atoms with E-state index in [-0.39, 0.29) is 10.9 Å². The van der Waals surface area contributed by atoms with Crippen LogP contribution in [-0.2, 0) is 10.5 Å². The quantitative estimate of drug-likeness (QED) is 0.834. The molecule has 0 unspecified atom stereocenters. The van der Waals surface area contributed by atoms with Crippen LogP contribution >= 0.6 is 23.4 Å². The van der Waals surface area contributed by atoms with E-state index in [1.165, 1.54) is 46.7 Å². The molecule has 0 saturated heterocycles. The molecule has 0 aliphatic heterocycles. The molecular formula is C17H17ClFNOS. The van der Waals surface area contributed by atoms with Gasteiger partial charge in [-0.3, -0.25) is 4.79 Å². The number of halogens is 2. The third kappa shape index (κ3) is 5.04. The van der Waals surface area contributed by atoms with Gasteiger partial charge in [0.25, 0.3) is 0 Å². The maximum Gasteiger partial charge on any atom is 0.234 e. The zero-order valence-corrected chi connectivity index (χ0v) is 14.0. The number of aryl methyl sites for hydroxylation is 2. The van der Waals surface area contributed by atoms with Crippen LogP contribution in [0.15, 0.2) is 36.4 Å². The first-order valence-corrected chi connectivity index (χ1v) is 8.37. The molecule has 22 heavy (non-hydrogen) atoms. The number of rotatable bonds is 5. The summed E-state index contributed by atoms with van der Waals surface area (Å²) < 4.78 is 12.9. The van der Waals surface area contributed by atoms with E-state index in [1.807, 2.05) is 0 Å². The van der Waals surface area contributed by atoms with Gasteiger partial charge in [0.1, 0.15) is 5.82 Å². The highest BCUT2D eigenvalue weighted by Gasteiger charge is 2.07. The average molecular weight is 338 g/mol. The molecular weight excluding hydrogens is 321 g/mol. The van der Waals surface area contributed by atoms with Crippen molar-refractivity contribution in [1.29, 1.82) is 0 Å². The van der Waals surface area contributed by atoms with Gasteiger partial charge < -0.3 is 5.32 Å². The fraction of sp³-hybridized carbons (Fsp3) is 0.235. The van der Waals surface area contributed by atoms with Crippen LogP contribution in [0.2, 0.25) is 5.02 Å². The Kier molecular flexibility index (Phi) is 5.86. The third-order valence-electron chi connectivity index (χ3n) is 2.99. The van der Waals surface area contributed by atoms with Crippen LogP contribution in [0, 0.1) is 19.7 Å². The number of benzene rings is 2. The summed E-state index contributed by atoms with van der Waals surface area (Å²) in [4.78, 5) is 11.9. The Balaban J connectivity index is 1.85. The van der Waals surface area contributed by atoms with Crippen molar-refractivity contribution >= 4 is 35.0 Å². The third-order valence-corrected chi connectivity index (χ3v) is 4.31. The number of hydrogen-bond donors (Lipinski definition) is 1. The van der Waals surface area contributed by atoms with Crippen molar-refractivity contribution in [2.75, 3.05) is 11.1 Å². The highest BCUT2D eigenvalue weighted by Crippen LogP contribution is 2.23. The Morgan fingerprint density at radius 3 is 2.50 bits per heavy atom. The molecule has 2 rings (SSSR count). The van der Waals surface area contributed by atoms with Gasteiger partial charge in [-0.25, -0.2) is 4.39 Å². The normalized spacial score (nSPS) is 10.5. The first-order valence-electron chi connectivity index (χ1n) is 6.84. The Hall–Kier alpha value is -1.52. The summed E-state index contributed by atoms with van der Waals surface area (Å²) in [5.41, 5.74) is 4.08. The van der Waals surface area contributed by atoms with E-state index >= 15 is 0 Å². The molecule has 0 atom stereocenters. The number of amides is 1. The van der Waals surface area contributed by atoms with Gasteiger partial charge in [0.2, 0.25) is 5.91 Å². The van der Waals surface area contributed by atoms with Crippen LogP contribution in [0.25, 0.3) is 0 Å². The van der Waals surface area contributed by atoms with Crippen LogP contribution in [0.4, 0.5) is 10.1 Å². The summed E-state index contributed by atoms with van der Waals surface area (Å²) in [7, 11) is 0. The number of nitrogens with one attached hydrogen (secondary N) is 1. The second-order valence-corrected chi connectivity index (χ2v) is 6.55. The van der Waals surface area contributed by atoms with Crippen molar-refractivity contribution in [2.45, 2.75) is 19.6 Å². The van der Waals surface area contributed by atoms with Crippen LogP contribution in [-0.4, -0.2) is 11.7 Å². The molecule has 0 heterocycles. The smallest absolute Gasteiger partial charge is 0.234 e. The molecule has 0 bridgehead atoms. The van der Waals surface area contributed by atoms with E-state index in [0.717, 1.165) is 5.75 Å². The van der Waals surface area contributed by atoms with Crippen molar-refractivity contribution in [3.63, 3.8) is 0 Å². The first-order chi connectivity index (χ1) is 10.4. The predicted octanol–water partition coefficient (Wildman–Crippen LogP) is 4.97. The molecule has 0 spiro atoms. The minimum Gasteiger partial charge on any atom is -0.324 e. The van der Waals surface area contributed by atoms with Crippen molar-refractivity contribution in [3.05, 3.63) is 63.9 Å². The molecule has 0 fully saturated rings. The highest BCUT2D eigenvalue weighted by atomic mass is 35.5. The van der Waals surface area contributed by atoms with Crippen molar-refractivity contribution in [1.82, 2.24) is 0 Å². The van der Waals surface area contributed by atoms with Gasteiger partial charge in [-0.15, -0.1) is 11.8 Å². The standard InChI is InChI=1S/C17H17ClFNOS/c1-11-5-12(2)7-13(6-11)9-22-10-17(21)20-16-4-3-14(19)8-15(16)18/h3-8H,9-10H2,1-2H3,(H,20,21). The number of carbonyl (C=O) groups is 1. The van der Waals surface area contributed by atoms with Gasteiger partial charge in [0, 0.05) is 5.75 Å². The largest absolute Gasteiger partial charge is 0.324 e. The van der Waals surface area contributed by atoms with E-state index < -0.39 is 5.82 Å². The van der Waals surface area contributed by atoms with Gasteiger partial charge >= 0.3 is 0 Å². The van der Waals surface area contributed by atoms with E-state index in [1.54, 1.807) is 0 Å².